The molecule has 1 amide bonds. The number of nitrogens with zero attached hydrogens (tertiary/aromatic N) is 5. The zero-order chi connectivity index (χ0) is 48.3. The second kappa shape index (κ2) is 18.2. The van der Waals surface area contributed by atoms with Crippen LogP contribution in [0.5, 0.6) is 11.5 Å². The Bertz CT molecular complexity index is 2870. The number of rotatable bonds is 13. The number of benzene rings is 2. The molecule has 3 saturated carbocycles. The number of H-pyrrole nitrogens is 1. The number of anilines is 2. The molecule has 0 bridgehead atoms. The number of aliphatic hydroxyl groups is 1. The van der Waals surface area contributed by atoms with E-state index in [1.54, 1.807) is 42.1 Å². The largest absolute Gasteiger partial charge is 0.455 e. The number of amides is 1. The molecule has 3 aliphatic carbocycles. The van der Waals surface area contributed by atoms with Gasteiger partial charge in [0, 0.05) is 61.6 Å². The zero-order valence-electron chi connectivity index (χ0n) is 38.1. The topological polar surface area (TPSA) is 205 Å². The number of piperidine rings is 1. The quantitative estimate of drug-likeness (QED) is 0.0644. The molecule has 1 spiro atoms. The molecular formula is C49H55F3N8O8S. The third-order valence-corrected chi connectivity index (χ3v) is 16.4. The Morgan fingerprint density at radius 2 is 1.75 bits per heavy atom. The van der Waals surface area contributed by atoms with Crippen molar-refractivity contribution >= 4 is 44.2 Å². The number of carbonyl (C=O) groups is 1. The predicted octanol–water partition coefficient (Wildman–Crippen LogP) is 8.85. The number of carbonyl (C=O) groups excluding carboxylic acids is 1. The molecule has 2 aliphatic heterocycles. The van der Waals surface area contributed by atoms with Gasteiger partial charge in [-0.05, 0) is 124 Å². The van der Waals surface area contributed by atoms with Gasteiger partial charge in [-0.3, -0.25) is 19.8 Å². The maximum absolute atomic E-state index is 14.6. The van der Waals surface area contributed by atoms with E-state index in [0.717, 1.165) is 32.2 Å². The summed E-state index contributed by atoms with van der Waals surface area (Å²) in [7, 11) is -5.46. The SMILES string of the molecule is CC1(O)CCC(CNc2nc(C(F)(F)F)c(S(=O)(=O)NC(=O)c3ccc(N4CCC5(CC4)CC(N4CCOC[C@H]4c4ccccc4C4CC4)C5)cc3Oc3cnc4[nH]ccc4c3)cc2[N+](=O)[O-])CC1. The van der Waals surface area contributed by atoms with Crippen molar-refractivity contribution < 1.29 is 45.9 Å². The summed E-state index contributed by atoms with van der Waals surface area (Å²) >= 11 is 0. The summed E-state index contributed by atoms with van der Waals surface area (Å²) in [6.45, 7) is 5.40. The van der Waals surface area contributed by atoms with E-state index in [1.165, 1.54) is 36.2 Å². The number of halogens is 3. The Labute approximate surface area is 397 Å². The molecule has 0 unspecified atom stereocenters. The molecule has 4 N–H and O–H groups in total. The van der Waals surface area contributed by atoms with Crippen molar-refractivity contribution in [2.75, 3.05) is 49.6 Å². The number of aromatic nitrogens is 3. The molecule has 69 heavy (non-hydrogen) atoms. The Morgan fingerprint density at radius 1 is 1.01 bits per heavy atom. The minimum absolute atomic E-state index is 0.000441. The highest BCUT2D eigenvalue weighted by atomic mass is 32.2. The average Bonchev–Trinajstić information content (AvgIpc) is 4.06. The molecule has 3 aromatic heterocycles. The molecule has 2 aromatic carbocycles. The van der Waals surface area contributed by atoms with Gasteiger partial charge < -0.3 is 29.8 Å². The van der Waals surface area contributed by atoms with E-state index < -0.39 is 54.7 Å². The van der Waals surface area contributed by atoms with Crippen molar-refractivity contribution in [1.82, 2.24) is 24.6 Å². The molecule has 366 valence electrons. The minimum Gasteiger partial charge on any atom is -0.455 e. The predicted molar refractivity (Wildman–Crippen MR) is 250 cm³/mol. The molecule has 16 nitrogen and oxygen atoms in total. The molecule has 0 radical (unpaired) electrons. The Hall–Kier alpha value is -5.83. The van der Waals surface area contributed by atoms with Gasteiger partial charge in [0.05, 0.1) is 41.5 Å². The number of fused-ring (bicyclic) bond motifs is 1. The monoisotopic (exact) mass is 972 g/mol. The number of morpholine rings is 1. The lowest BCUT2D eigenvalue weighted by Crippen LogP contribution is -2.58. The molecule has 5 aromatic rings. The molecule has 1 atom stereocenters. The van der Waals surface area contributed by atoms with Crippen LogP contribution >= 0.6 is 0 Å². The molecule has 10 rings (SSSR count). The molecule has 5 heterocycles. The fraction of sp³-hybridized carbons (Fsp3) is 0.490. The van der Waals surface area contributed by atoms with Crippen LogP contribution in [0.1, 0.15) is 110 Å². The normalized spacial score (nSPS) is 23.4. The van der Waals surface area contributed by atoms with Crippen LogP contribution in [0.3, 0.4) is 0 Å². The van der Waals surface area contributed by atoms with Gasteiger partial charge in [-0.15, -0.1) is 0 Å². The first-order valence-electron chi connectivity index (χ1n) is 23.7. The lowest BCUT2D eigenvalue weighted by Gasteiger charge is -2.57. The summed E-state index contributed by atoms with van der Waals surface area (Å²) in [5, 5.41) is 25.8. The lowest BCUT2D eigenvalue weighted by molar-refractivity contribution is -0.384. The Morgan fingerprint density at radius 3 is 2.46 bits per heavy atom. The van der Waals surface area contributed by atoms with E-state index >= 15 is 0 Å². The van der Waals surface area contributed by atoms with E-state index in [4.69, 9.17) is 9.47 Å². The number of pyridine rings is 2. The fourth-order valence-electron chi connectivity index (χ4n) is 10.9. The highest BCUT2D eigenvalue weighted by Crippen LogP contribution is 2.54. The zero-order valence-corrected chi connectivity index (χ0v) is 39.0. The fourth-order valence-corrected chi connectivity index (χ4v) is 12.1. The smallest absolute Gasteiger partial charge is 0.434 e. The van der Waals surface area contributed by atoms with Crippen LogP contribution in [0, 0.1) is 21.4 Å². The third kappa shape index (κ3) is 9.85. The summed E-state index contributed by atoms with van der Waals surface area (Å²) in [6.07, 6.45) is 6.08. The van der Waals surface area contributed by atoms with Crippen LogP contribution in [0.15, 0.2) is 78.0 Å². The third-order valence-electron chi connectivity index (χ3n) is 15.0. The second-order valence-electron chi connectivity index (χ2n) is 19.9. The van der Waals surface area contributed by atoms with Gasteiger partial charge in [-0.25, -0.2) is 23.1 Å². The first-order chi connectivity index (χ1) is 32.9. The van der Waals surface area contributed by atoms with E-state index in [0.29, 0.717) is 80.7 Å². The number of aromatic amines is 1. The van der Waals surface area contributed by atoms with E-state index in [-0.39, 0.29) is 47.0 Å². The summed E-state index contributed by atoms with van der Waals surface area (Å²) in [5.74, 6) is -1.48. The molecule has 20 heteroatoms. The minimum atomic E-state index is -5.46. The average molecular weight is 973 g/mol. The number of alkyl halides is 3. The highest BCUT2D eigenvalue weighted by molar-refractivity contribution is 7.90. The first kappa shape index (κ1) is 46.9. The number of hydrogen-bond acceptors (Lipinski definition) is 13. The van der Waals surface area contributed by atoms with Crippen molar-refractivity contribution in [2.24, 2.45) is 11.3 Å². The van der Waals surface area contributed by atoms with Gasteiger partial charge in [0.15, 0.2) is 5.69 Å². The van der Waals surface area contributed by atoms with Crippen LogP contribution in [-0.2, 0) is 20.9 Å². The number of hydrogen-bond donors (Lipinski definition) is 4. The maximum Gasteiger partial charge on any atom is 0.434 e. The van der Waals surface area contributed by atoms with E-state index in [2.05, 4.69) is 54.3 Å². The van der Waals surface area contributed by atoms with Gasteiger partial charge in [0.1, 0.15) is 22.0 Å². The summed E-state index contributed by atoms with van der Waals surface area (Å²) < 4.78 is 85.7. The van der Waals surface area contributed by atoms with Gasteiger partial charge in [-0.2, -0.15) is 13.2 Å². The van der Waals surface area contributed by atoms with Gasteiger partial charge >= 0.3 is 11.9 Å². The molecule has 5 fully saturated rings. The van der Waals surface area contributed by atoms with Gasteiger partial charge in [0.2, 0.25) is 5.82 Å². The van der Waals surface area contributed by atoms with Crippen LogP contribution in [0.25, 0.3) is 11.0 Å². The number of sulfonamides is 1. The lowest BCUT2D eigenvalue weighted by atomic mass is 9.59. The van der Waals surface area contributed by atoms with Gasteiger partial charge in [0.25, 0.3) is 15.9 Å². The molecule has 5 aliphatic rings. The molecule has 2 saturated heterocycles. The number of nitrogens with one attached hydrogen (secondary N) is 3. The Balaban J connectivity index is 0.873. The van der Waals surface area contributed by atoms with Crippen molar-refractivity contribution in [3.8, 4) is 11.5 Å². The van der Waals surface area contributed by atoms with Crippen LogP contribution in [0.2, 0.25) is 0 Å². The summed E-state index contributed by atoms with van der Waals surface area (Å²) in [4.78, 5) is 39.3. The standard InChI is InChI=1S/C49H55F3N8O8S/c1-47(62)13-10-30(11-14-47)27-54-45-39(60(63)64)24-42(43(56-45)49(50,51)52)69(65,66)57-46(61)38-9-8-33(23-41(38)68-35-22-32-12-17-53-44(32)55-28-35)58-18-15-48(16-19-58)25-34(26-48)59-20-21-67-29-40(59)37-5-3-2-4-36(37)31-6-7-31/h2-5,8-9,12,17,22-24,28,30-31,34,40,62H,6-7,10-11,13-16,18-21,25-27,29H2,1H3,(H,53,55)(H,54,56)(H,57,61)/t30?,40-,47?/m0/s1. The van der Waals surface area contributed by atoms with E-state index in [1.807, 2.05) is 0 Å². The summed E-state index contributed by atoms with van der Waals surface area (Å²) in [5.41, 5.74) is 0.109. The number of nitro groups is 1. The van der Waals surface area contributed by atoms with Crippen LogP contribution in [-0.4, -0.2) is 95.2 Å². The first-order valence-corrected chi connectivity index (χ1v) is 25.1. The van der Waals surface area contributed by atoms with Crippen molar-refractivity contribution in [1.29, 1.82) is 0 Å². The molecular weight excluding hydrogens is 918 g/mol. The van der Waals surface area contributed by atoms with Crippen LogP contribution in [0.4, 0.5) is 30.4 Å². The van der Waals surface area contributed by atoms with Gasteiger partial charge in [-0.1, -0.05) is 24.3 Å². The second-order valence-corrected chi connectivity index (χ2v) is 21.5. The maximum atomic E-state index is 14.6. The van der Waals surface area contributed by atoms with Crippen molar-refractivity contribution in [2.45, 2.75) is 106 Å². The van der Waals surface area contributed by atoms with Crippen LogP contribution < -0.4 is 19.7 Å². The van der Waals surface area contributed by atoms with Crippen molar-refractivity contribution in [3.05, 3.63) is 106 Å². The summed E-state index contributed by atoms with van der Waals surface area (Å²) in [6, 6.07) is 17.8. The Kier molecular flexibility index (Phi) is 12.3. The van der Waals surface area contributed by atoms with Crippen molar-refractivity contribution in [3.63, 3.8) is 0 Å². The number of ether oxygens (including phenoxy) is 2. The highest BCUT2D eigenvalue weighted by Gasteiger charge is 2.50. The van der Waals surface area contributed by atoms with E-state index in [9.17, 15) is 41.6 Å².